The van der Waals surface area contributed by atoms with Crippen molar-refractivity contribution in [3.8, 4) is 0 Å². The van der Waals surface area contributed by atoms with Crippen LogP contribution in [0.5, 0.6) is 0 Å². The Kier molecular flexibility index (Phi) is 4.06. The Hall–Kier alpha value is -2.41. The number of amides is 3. The Morgan fingerprint density at radius 2 is 2.27 bits per heavy atom. The highest BCUT2D eigenvalue weighted by Crippen LogP contribution is 2.22. The number of aromatic nitrogens is 1. The molecule has 0 saturated carbocycles. The van der Waals surface area contributed by atoms with E-state index in [0.29, 0.717) is 11.7 Å². The molecule has 22 heavy (non-hydrogen) atoms. The fourth-order valence-electron chi connectivity index (χ4n) is 2.25. The summed E-state index contributed by atoms with van der Waals surface area (Å²) >= 11 is 1.45. The van der Waals surface area contributed by atoms with Gasteiger partial charge in [0, 0.05) is 24.0 Å². The summed E-state index contributed by atoms with van der Waals surface area (Å²) in [6.45, 7) is 2.38. The summed E-state index contributed by atoms with van der Waals surface area (Å²) in [5.41, 5.74) is 2.48. The Balaban J connectivity index is 1.63. The lowest BCUT2D eigenvalue weighted by atomic mass is 10.1. The van der Waals surface area contributed by atoms with Gasteiger partial charge in [-0.05, 0) is 18.1 Å². The van der Waals surface area contributed by atoms with E-state index >= 15 is 0 Å². The zero-order valence-corrected chi connectivity index (χ0v) is 12.9. The molecule has 0 radical (unpaired) electrons. The number of urea groups is 1. The van der Waals surface area contributed by atoms with Crippen LogP contribution in [-0.4, -0.2) is 29.5 Å². The van der Waals surface area contributed by atoms with Crippen LogP contribution < -0.4 is 16.0 Å². The Morgan fingerprint density at radius 3 is 3.00 bits per heavy atom. The Morgan fingerprint density at radius 1 is 1.45 bits per heavy atom. The van der Waals surface area contributed by atoms with Crippen LogP contribution in [0.15, 0.2) is 30.5 Å². The van der Waals surface area contributed by atoms with Crippen molar-refractivity contribution in [1.82, 2.24) is 15.6 Å². The minimum absolute atomic E-state index is 0.254. The van der Waals surface area contributed by atoms with Gasteiger partial charge in [-0.2, -0.15) is 0 Å². The summed E-state index contributed by atoms with van der Waals surface area (Å²) in [6.07, 6.45) is 2.57. The van der Waals surface area contributed by atoms with Crippen molar-refractivity contribution in [3.63, 3.8) is 0 Å². The lowest BCUT2D eigenvalue weighted by Gasteiger charge is -2.07. The molecule has 0 bridgehead atoms. The minimum atomic E-state index is -0.545. The number of hydrogen-bond acceptors (Lipinski definition) is 4. The first kappa shape index (κ1) is 14.5. The number of carbonyl (C=O) groups is 2. The predicted octanol–water partition coefficient (Wildman–Crippen LogP) is 1.66. The second kappa shape index (κ2) is 6.15. The molecule has 0 unspecified atom stereocenters. The van der Waals surface area contributed by atoms with Gasteiger partial charge < -0.3 is 16.0 Å². The van der Waals surface area contributed by atoms with Crippen molar-refractivity contribution < 1.29 is 9.59 Å². The smallest absolute Gasteiger partial charge is 0.315 e. The van der Waals surface area contributed by atoms with Gasteiger partial charge in [0.25, 0.3) is 5.91 Å². The van der Waals surface area contributed by atoms with E-state index in [-0.39, 0.29) is 11.9 Å². The van der Waals surface area contributed by atoms with E-state index in [0.717, 1.165) is 11.3 Å². The largest absolute Gasteiger partial charge is 0.336 e. The van der Waals surface area contributed by atoms with Crippen molar-refractivity contribution in [2.75, 3.05) is 11.9 Å². The lowest BCUT2D eigenvalue weighted by Crippen LogP contribution is -2.38. The molecule has 2 heterocycles. The maximum atomic E-state index is 12.0. The normalized spacial score (nSPS) is 17.0. The molecule has 3 rings (SSSR count). The van der Waals surface area contributed by atoms with Gasteiger partial charge in [0.15, 0.2) is 5.13 Å². The van der Waals surface area contributed by atoms with Crippen LogP contribution >= 0.6 is 11.3 Å². The van der Waals surface area contributed by atoms with Gasteiger partial charge in [-0.15, -0.1) is 11.3 Å². The maximum absolute atomic E-state index is 12.0. The molecule has 1 fully saturated rings. The molecule has 0 spiro atoms. The quantitative estimate of drug-likeness (QED) is 0.802. The van der Waals surface area contributed by atoms with Gasteiger partial charge in [-0.25, -0.2) is 9.78 Å². The first-order valence-electron chi connectivity index (χ1n) is 6.96. The van der Waals surface area contributed by atoms with Crippen LogP contribution in [-0.2, 0) is 11.2 Å². The van der Waals surface area contributed by atoms with Crippen LogP contribution in [0.1, 0.15) is 16.0 Å². The van der Waals surface area contributed by atoms with Crippen molar-refractivity contribution >= 4 is 28.4 Å². The lowest BCUT2D eigenvalue weighted by molar-refractivity contribution is -0.117. The van der Waals surface area contributed by atoms with Gasteiger partial charge in [0.05, 0.1) is 0 Å². The number of nitrogens with one attached hydrogen (secondary N) is 3. The molecule has 1 atom stereocenters. The molecule has 1 aliphatic heterocycles. The van der Waals surface area contributed by atoms with Crippen LogP contribution in [0.3, 0.4) is 0 Å². The van der Waals surface area contributed by atoms with Crippen LogP contribution in [0.4, 0.5) is 9.93 Å². The molecule has 114 valence electrons. The number of carbonyl (C=O) groups excluding carboxylic acids is 2. The molecule has 1 aromatic carbocycles. The van der Waals surface area contributed by atoms with E-state index in [1.54, 1.807) is 6.20 Å². The third-order valence-electron chi connectivity index (χ3n) is 3.50. The van der Waals surface area contributed by atoms with Gasteiger partial charge >= 0.3 is 6.03 Å². The maximum Gasteiger partial charge on any atom is 0.315 e. The van der Waals surface area contributed by atoms with E-state index in [9.17, 15) is 9.59 Å². The third-order valence-corrected chi connectivity index (χ3v) is 4.41. The molecule has 7 heteroatoms. The molecule has 1 aliphatic rings. The molecule has 3 amide bonds. The highest BCUT2D eigenvalue weighted by atomic mass is 32.1. The highest BCUT2D eigenvalue weighted by molar-refractivity contribution is 7.15. The molecule has 2 aromatic rings. The molecule has 6 nitrogen and oxygen atoms in total. The predicted molar refractivity (Wildman–Crippen MR) is 85.1 cm³/mol. The number of aryl methyl sites for hydroxylation is 1. The first-order chi connectivity index (χ1) is 10.6. The average molecular weight is 316 g/mol. The van der Waals surface area contributed by atoms with Crippen LogP contribution in [0.2, 0.25) is 0 Å². The van der Waals surface area contributed by atoms with Gasteiger partial charge in [-0.1, -0.05) is 24.3 Å². The topological polar surface area (TPSA) is 83.1 Å². The fourth-order valence-corrected chi connectivity index (χ4v) is 3.09. The molecule has 0 aliphatic carbocycles. The fraction of sp³-hybridized carbons (Fsp3) is 0.267. The van der Waals surface area contributed by atoms with E-state index in [1.807, 2.05) is 12.1 Å². The summed E-state index contributed by atoms with van der Waals surface area (Å²) in [6, 6.07) is 7.33. The van der Waals surface area contributed by atoms with E-state index in [2.05, 4.69) is 40.0 Å². The SMILES string of the molecule is Cc1ccccc1Cc1cnc(NC(=O)[C@@H]2CNC(=O)N2)s1. The van der Waals surface area contributed by atoms with Gasteiger partial charge in [-0.3, -0.25) is 4.79 Å². The summed E-state index contributed by atoms with van der Waals surface area (Å²) in [5.74, 6) is -0.254. The molecular weight excluding hydrogens is 300 g/mol. The summed E-state index contributed by atoms with van der Waals surface area (Å²) < 4.78 is 0. The summed E-state index contributed by atoms with van der Waals surface area (Å²) in [7, 11) is 0. The van der Waals surface area contributed by atoms with E-state index in [4.69, 9.17) is 0 Å². The molecule has 1 saturated heterocycles. The molecular formula is C15H16N4O2S. The standard InChI is InChI=1S/C15H16N4O2S/c1-9-4-2-3-5-10(9)6-11-7-17-15(22-11)19-13(20)12-8-16-14(21)18-12/h2-5,7,12H,6,8H2,1H3,(H2,16,18,21)(H,17,19,20)/t12-/m0/s1. The van der Waals surface area contributed by atoms with Crippen molar-refractivity contribution in [2.45, 2.75) is 19.4 Å². The van der Waals surface area contributed by atoms with Crippen molar-refractivity contribution in [3.05, 3.63) is 46.5 Å². The molecule has 1 aromatic heterocycles. The zero-order valence-electron chi connectivity index (χ0n) is 12.1. The number of hydrogen-bond donors (Lipinski definition) is 3. The number of thiazole rings is 1. The average Bonchev–Trinajstić information content (AvgIpc) is 3.11. The number of nitrogens with zero attached hydrogens (tertiary/aromatic N) is 1. The van der Waals surface area contributed by atoms with E-state index in [1.165, 1.54) is 22.5 Å². The van der Waals surface area contributed by atoms with Gasteiger partial charge in [0.2, 0.25) is 0 Å². The number of anilines is 1. The van der Waals surface area contributed by atoms with Gasteiger partial charge in [0.1, 0.15) is 6.04 Å². The monoisotopic (exact) mass is 316 g/mol. The Bertz CT molecular complexity index is 713. The Labute approximate surface area is 132 Å². The van der Waals surface area contributed by atoms with Crippen molar-refractivity contribution in [1.29, 1.82) is 0 Å². The summed E-state index contributed by atoms with van der Waals surface area (Å²) in [4.78, 5) is 28.3. The van der Waals surface area contributed by atoms with Crippen LogP contribution in [0.25, 0.3) is 0 Å². The van der Waals surface area contributed by atoms with E-state index < -0.39 is 6.04 Å². The van der Waals surface area contributed by atoms with Crippen molar-refractivity contribution in [2.24, 2.45) is 0 Å². The highest BCUT2D eigenvalue weighted by Gasteiger charge is 2.27. The number of rotatable bonds is 4. The zero-order chi connectivity index (χ0) is 15.5. The number of benzene rings is 1. The first-order valence-corrected chi connectivity index (χ1v) is 7.78. The second-order valence-electron chi connectivity index (χ2n) is 5.13. The second-order valence-corrected chi connectivity index (χ2v) is 6.25. The molecule has 3 N–H and O–H groups in total. The van der Waals surface area contributed by atoms with Crippen LogP contribution in [0, 0.1) is 6.92 Å². The minimum Gasteiger partial charge on any atom is -0.336 e. The summed E-state index contributed by atoms with van der Waals surface area (Å²) in [5, 5.41) is 8.38. The third kappa shape index (κ3) is 3.25.